The molecule has 1 aromatic rings. The van der Waals surface area contributed by atoms with E-state index in [4.69, 9.17) is 4.74 Å². The Morgan fingerprint density at radius 3 is 2.17 bits per heavy atom. The van der Waals surface area contributed by atoms with Crippen LogP contribution in [0.5, 0.6) is 0 Å². The van der Waals surface area contributed by atoms with Crippen molar-refractivity contribution in [3.63, 3.8) is 0 Å². The van der Waals surface area contributed by atoms with E-state index in [0.29, 0.717) is 6.42 Å². The molecule has 0 unspecified atom stereocenters. The number of rotatable bonds is 8. The first-order valence-electron chi connectivity index (χ1n) is 8.46. The number of halogens is 2. The smallest absolute Gasteiger partial charge is 0.381 e. The molecule has 24 heavy (non-hydrogen) atoms. The maximum atomic E-state index is 14.2. The molecule has 0 amide bonds. The van der Waals surface area contributed by atoms with Crippen LogP contribution in [-0.2, 0) is 14.9 Å². The van der Waals surface area contributed by atoms with Crippen LogP contribution in [0.25, 0.3) is 5.57 Å². The van der Waals surface area contributed by atoms with Gasteiger partial charge in [-0.05, 0) is 23.0 Å². The lowest BCUT2D eigenvalue weighted by atomic mass is 9.86. The van der Waals surface area contributed by atoms with Crippen molar-refractivity contribution in [2.45, 2.75) is 64.7 Å². The number of ether oxygens (including phenoxy) is 1. The minimum absolute atomic E-state index is 0.0185. The lowest BCUT2D eigenvalue weighted by Crippen LogP contribution is -2.32. The summed E-state index contributed by atoms with van der Waals surface area (Å²) in [6, 6.07) is 6.72. The zero-order chi connectivity index (χ0) is 18.4. The van der Waals surface area contributed by atoms with Gasteiger partial charge in [0, 0.05) is 5.57 Å². The van der Waals surface area contributed by atoms with E-state index in [9.17, 15) is 13.6 Å². The number of carbonyl (C=O) groups excluding carboxylic acids is 1. The Kier molecular flexibility index (Phi) is 7.12. The SMILES string of the molecule is C=C(c1ccc(C(C)(C)C)cc1)C(F)(F)C(=O)OCCCCCC. The first-order valence-corrected chi connectivity index (χ1v) is 8.46. The minimum Gasteiger partial charge on any atom is -0.461 e. The molecule has 0 aliphatic rings. The zero-order valence-corrected chi connectivity index (χ0v) is 15.1. The second-order valence-corrected chi connectivity index (χ2v) is 7.08. The Morgan fingerprint density at radius 1 is 1.08 bits per heavy atom. The molecule has 0 heterocycles. The average Bonchev–Trinajstić information content (AvgIpc) is 2.53. The van der Waals surface area contributed by atoms with E-state index >= 15 is 0 Å². The van der Waals surface area contributed by atoms with Crippen LogP contribution in [-0.4, -0.2) is 18.5 Å². The zero-order valence-electron chi connectivity index (χ0n) is 15.1. The van der Waals surface area contributed by atoms with Gasteiger partial charge >= 0.3 is 11.9 Å². The molecule has 0 saturated carbocycles. The van der Waals surface area contributed by atoms with Crippen molar-refractivity contribution < 1.29 is 18.3 Å². The van der Waals surface area contributed by atoms with Gasteiger partial charge in [-0.15, -0.1) is 0 Å². The second-order valence-electron chi connectivity index (χ2n) is 7.08. The normalized spacial score (nSPS) is 12.1. The molecule has 4 heteroatoms. The first-order chi connectivity index (χ1) is 11.1. The number of carbonyl (C=O) groups is 1. The fraction of sp³-hybridized carbons (Fsp3) is 0.550. The van der Waals surface area contributed by atoms with Gasteiger partial charge in [0.15, 0.2) is 0 Å². The summed E-state index contributed by atoms with van der Waals surface area (Å²) < 4.78 is 33.2. The predicted octanol–water partition coefficient (Wildman–Crippen LogP) is 5.76. The molecule has 2 nitrogen and oxygen atoms in total. The van der Waals surface area contributed by atoms with Gasteiger partial charge < -0.3 is 4.74 Å². The lowest BCUT2D eigenvalue weighted by Gasteiger charge is -2.21. The molecule has 0 radical (unpaired) electrons. The fourth-order valence-electron chi connectivity index (χ4n) is 2.26. The van der Waals surface area contributed by atoms with Crippen molar-refractivity contribution in [2.75, 3.05) is 6.61 Å². The summed E-state index contributed by atoms with van der Waals surface area (Å²) in [4.78, 5) is 11.7. The van der Waals surface area contributed by atoms with Gasteiger partial charge in [0.2, 0.25) is 0 Å². The number of hydrogen-bond donors (Lipinski definition) is 0. The van der Waals surface area contributed by atoms with Crippen LogP contribution in [0.3, 0.4) is 0 Å². The van der Waals surface area contributed by atoms with Crippen LogP contribution < -0.4 is 0 Å². The van der Waals surface area contributed by atoms with E-state index in [0.717, 1.165) is 24.8 Å². The van der Waals surface area contributed by atoms with Crippen LogP contribution >= 0.6 is 0 Å². The highest BCUT2D eigenvalue weighted by Gasteiger charge is 2.44. The van der Waals surface area contributed by atoms with Crippen LogP contribution in [0.4, 0.5) is 8.78 Å². The van der Waals surface area contributed by atoms with Crippen molar-refractivity contribution in [2.24, 2.45) is 0 Å². The van der Waals surface area contributed by atoms with Crippen molar-refractivity contribution >= 4 is 11.5 Å². The van der Waals surface area contributed by atoms with Crippen LogP contribution in [0.1, 0.15) is 64.5 Å². The molecular formula is C20H28F2O2. The Bertz CT molecular complexity index is 554. The van der Waals surface area contributed by atoms with Crippen molar-refractivity contribution in [3.8, 4) is 0 Å². The Labute approximate surface area is 143 Å². The molecule has 134 valence electrons. The largest absolute Gasteiger partial charge is 0.461 e. The highest BCUT2D eigenvalue weighted by Crippen LogP contribution is 2.33. The monoisotopic (exact) mass is 338 g/mol. The molecule has 0 fully saturated rings. The summed E-state index contributed by atoms with van der Waals surface area (Å²) in [5.74, 6) is -5.24. The number of alkyl halides is 2. The van der Waals surface area contributed by atoms with Crippen molar-refractivity contribution in [1.29, 1.82) is 0 Å². The summed E-state index contributed by atoms with van der Waals surface area (Å²) in [7, 11) is 0. The quantitative estimate of drug-likeness (QED) is 0.445. The Balaban J connectivity index is 2.71. The van der Waals surface area contributed by atoms with Crippen molar-refractivity contribution in [3.05, 3.63) is 42.0 Å². The van der Waals surface area contributed by atoms with E-state index < -0.39 is 17.5 Å². The molecule has 1 aromatic carbocycles. The van der Waals surface area contributed by atoms with Crippen LogP contribution in [0.2, 0.25) is 0 Å². The molecule has 0 aromatic heterocycles. The summed E-state index contributed by atoms with van der Waals surface area (Å²) in [5.41, 5.74) is 0.679. The van der Waals surface area contributed by atoms with Gasteiger partial charge in [0.05, 0.1) is 6.61 Å². The van der Waals surface area contributed by atoms with Crippen molar-refractivity contribution in [1.82, 2.24) is 0 Å². The molecule has 0 bridgehead atoms. The van der Waals surface area contributed by atoms with Gasteiger partial charge in [0.1, 0.15) is 0 Å². The van der Waals surface area contributed by atoms with E-state index in [-0.39, 0.29) is 17.6 Å². The van der Waals surface area contributed by atoms with Crippen LogP contribution in [0.15, 0.2) is 30.8 Å². The summed E-state index contributed by atoms with van der Waals surface area (Å²) >= 11 is 0. The third-order valence-electron chi connectivity index (χ3n) is 3.97. The van der Waals surface area contributed by atoms with E-state index in [1.54, 1.807) is 24.3 Å². The maximum absolute atomic E-state index is 14.2. The van der Waals surface area contributed by atoms with Gasteiger partial charge in [0.25, 0.3) is 0 Å². The van der Waals surface area contributed by atoms with E-state index in [2.05, 4.69) is 13.5 Å². The highest BCUT2D eigenvalue weighted by molar-refractivity contribution is 5.93. The molecule has 0 spiro atoms. The maximum Gasteiger partial charge on any atom is 0.381 e. The second kappa shape index (κ2) is 8.41. The fourth-order valence-corrected chi connectivity index (χ4v) is 2.26. The topological polar surface area (TPSA) is 26.3 Å². The summed E-state index contributed by atoms with van der Waals surface area (Å²) in [6.45, 7) is 11.6. The lowest BCUT2D eigenvalue weighted by molar-refractivity contribution is -0.163. The summed E-state index contributed by atoms with van der Waals surface area (Å²) in [6.07, 6.45) is 3.50. The minimum atomic E-state index is -3.71. The molecular weight excluding hydrogens is 310 g/mol. The average molecular weight is 338 g/mol. The van der Waals surface area contributed by atoms with E-state index in [1.807, 2.05) is 20.8 Å². The number of unbranched alkanes of at least 4 members (excludes halogenated alkanes) is 3. The van der Waals surface area contributed by atoms with E-state index in [1.165, 1.54) is 0 Å². The first kappa shape index (κ1) is 20.3. The molecule has 0 aliphatic heterocycles. The molecule has 0 N–H and O–H groups in total. The van der Waals surface area contributed by atoms with Gasteiger partial charge in [-0.3, -0.25) is 0 Å². The molecule has 0 saturated heterocycles. The number of benzene rings is 1. The third kappa shape index (κ3) is 5.43. The standard InChI is InChI=1S/C20H28F2O2/c1-6-7-8-9-14-24-18(23)20(21,22)15(2)16-10-12-17(13-11-16)19(3,4)5/h10-13H,2,6-9,14H2,1,3-5H3. The van der Waals surface area contributed by atoms with Gasteiger partial charge in [-0.25, -0.2) is 4.79 Å². The highest BCUT2D eigenvalue weighted by atomic mass is 19.3. The van der Waals surface area contributed by atoms with Gasteiger partial charge in [-0.1, -0.05) is 77.8 Å². The summed E-state index contributed by atoms with van der Waals surface area (Å²) in [5, 5.41) is 0. The van der Waals surface area contributed by atoms with Gasteiger partial charge in [-0.2, -0.15) is 8.78 Å². The number of esters is 1. The third-order valence-corrected chi connectivity index (χ3v) is 3.97. The Morgan fingerprint density at radius 2 is 1.67 bits per heavy atom. The Hall–Kier alpha value is -1.71. The molecule has 0 atom stereocenters. The van der Waals surface area contributed by atoms with Crippen LogP contribution in [0, 0.1) is 0 Å². The number of hydrogen-bond acceptors (Lipinski definition) is 2. The molecule has 1 rings (SSSR count). The molecule has 0 aliphatic carbocycles. The predicted molar refractivity (Wildman–Crippen MR) is 94.2 cm³/mol.